The molecule has 5 heteroatoms. The molecule has 0 aliphatic heterocycles. The van der Waals surface area contributed by atoms with Crippen molar-refractivity contribution in [3.05, 3.63) is 66.8 Å². The summed E-state index contributed by atoms with van der Waals surface area (Å²) in [5, 5.41) is 0. The van der Waals surface area contributed by atoms with Gasteiger partial charge in [0.1, 0.15) is 0 Å². The normalized spacial score (nSPS) is 13.2. The fourth-order valence-corrected chi connectivity index (χ4v) is 9.01. The molecule has 0 aliphatic carbocycles. The summed E-state index contributed by atoms with van der Waals surface area (Å²) in [4.78, 5) is 0. The van der Waals surface area contributed by atoms with Gasteiger partial charge in [0.15, 0.2) is 0 Å². The molecule has 0 atom stereocenters. The van der Waals surface area contributed by atoms with Gasteiger partial charge in [0.2, 0.25) is 0 Å². The van der Waals surface area contributed by atoms with E-state index in [-0.39, 0.29) is 10.8 Å². The van der Waals surface area contributed by atoms with E-state index in [1.165, 1.54) is 11.1 Å². The third-order valence-corrected chi connectivity index (χ3v) is 11.2. The average molecular weight is 521 g/mol. The standard InChI is InChI=1S/C20H26BrIO3/c1-19(2,3)15-7-11-17(12-8-15)22(25-21(23)24)18-13-9-16(10-14-18)20(4,5)6/h7-14H,1-6H3. The van der Waals surface area contributed by atoms with Crippen molar-refractivity contribution in [2.45, 2.75) is 52.4 Å². The number of rotatable bonds is 4. The van der Waals surface area contributed by atoms with Gasteiger partial charge in [-0.1, -0.05) is 0 Å². The fourth-order valence-electron chi connectivity index (χ4n) is 2.37. The van der Waals surface area contributed by atoms with Gasteiger partial charge in [0.25, 0.3) is 0 Å². The van der Waals surface area contributed by atoms with Crippen LogP contribution >= 0.6 is 20.2 Å². The van der Waals surface area contributed by atoms with E-state index < -0.39 is 35.0 Å². The molecule has 0 heterocycles. The zero-order valence-corrected chi connectivity index (χ0v) is 19.3. The van der Waals surface area contributed by atoms with E-state index in [0.29, 0.717) is 0 Å². The molecule has 0 fully saturated rings. The number of hydrogen-bond donors (Lipinski definition) is 0. The van der Waals surface area contributed by atoms with Crippen molar-refractivity contribution in [2.75, 3.05) is 0 Å². The Morgan fingerprint density at radius 1 is 0.680 bits per heavy atom. The number of hydrogen-bond acceptors (Lipinski definition) is 3. The van der Waals surface area contributed by atoms with Crippen LogP contribution in [-0.4, -0.2) is 0 Å². The van der Waals surface area contributed by atoms with Gasteiger partial charge in [0, 0.05) is 0 Å². The van der Waals surface area contributed by atoms with Crippen molar-refractivity contribution in [3.8, 4) is 0 Å². The zero-order chi connectivity index (χ0) is 18.8. The molecule has 2 aromatic carbocycles. The van der Waals surface area contributed by atoms with Crippen LogP contribution in [0.25, 0.3) is 0 Å². The quantitative estimate of drug-likeness (QED) is 0.575. The Bertz CT molecular complexity index is 625. The molecule has 0 aliphatic rings. The van der Waals surface area contributed by atoms with Crippen molar-refractivity contribution in [1.29, 1.82) is 0 Å². The van der Waals surface area contributed by atoms with E-state index in [1.807, 2.05) is 24.3 Å². The van der Waals surface area contributed by atoms with Crippen LogP contribution in [0.3, 0.4) is 0 Å². The fraction of sp³-hybridized carbons (Fsp3) is 0.400. The predicted octanol–water partition coefficient (Wildman–Crippen LogP) is 3.85. The summed E-state index contributed by atoms with van der Waals surface area (Å²) in [6, 6.07) is 16.4. The second kappa shape index (κ2) is 8.05. The van der Waals surface area contributed by atoms with Crippen molar-refractivity contribution in [3.63, 3.8) is 0 Å². The molecule has 2 aromatic rings. The first-order valence-corrected chi connectivity index (χ1v) is 13.1. The van der Waals surface area contributed by atoms with Crippen LogP contribution in [0.1, 0.15) is 52.7 Å². The van der Waals surface area contributed by atoms with Gasteiger partial charge in [-0.15, -0.1) is 0 Å². The minimum atomic E-state index is -3.26. The molecule has 0 bridgehead atoms. The first-order chi connectivity index (χ1) is 11.5. The van der Waals surface area contributed by atoms with Gasteiger partial charge in [-0.3, -0.25) is 0 Å². The summed E-state index contributed by atoms with van der Waals surface area (Å²) >= 11 is -5.70. The van der Waals surface area contributed by atoms with Crippen molar-refractivity contribution in [1.82, 2.24) is 0 Å². The number of halogens is 2. The molecule has 0 radical (unpaired) electrons. The van der Waals surface area contributed by atoms with Gasteiger partial charge in [0.05, 0.1) is 0 Å². The molecule has 0 aromatic heterocycles. The molecule has 138 valence electrons. The average Bonchev–Trinajstić information content (AvgIpc) is 2.51. The van der Waals surface area contributed by atoms with Crippen LogP contribution in [0.2, 0.25) is 0 Å². The van der Waals surface area contributed by atoms with Gasteiger partial charge in [-0.2, -0.15) is 0 Å². The molecule has 0 spiro atoms. The molecule has 2 rings (SSSR count). The summed E-state index contributed by atoms with van der Waals surface area (Å²) in [5.74, 6) is 0. The van der Waals surface area contributed by atoms with Crippen molar-refractivity contribution in [2.24, 2.45) is 0 Å². The van der Waals surface area contributed by atoms with E-state index >= 15 is 0 Å². The molecule has 0 unspecified atom stereocenters. The Balaban J connectivity index is 2.36. The van der Waals surface area contributed by atoms with Crippen molar-refractivity contribution < 1.29 is 25.4 Å². The van der Waals surface area contributed by atoms with Crippen LogP contribution in [0.5, 0.6) is 0 Å². The molecule has 0 N–H and O–H groups in total. The monoisotopic (exact) mass is 520 g/mol. The second-order valence-corrected chi connectivity index (χ2v) is 14.7. The maximum atomic E-state index is 11.3. The molecule has 3 nitrogen and oxygen atoms in total. The van der Waals surface area contributed by atoms with Gasteiger partial charge < -0.3 is 0 Å². The van der Waals surface area contributed by atoms with Crippen LogP contribution in [0, 0.1) is 22.0 Å². The summed E-state index contributed by atoms with van der Waals surface area (Å²) in [7, 11) is 0. The van der Waals surface area contributed by atoms with E-state index in [0.717, 1.165) is 7.14 Å². The molecular formula is C20H26BrIO3. The second-order valence-electron chi connectivity index (χ2n) is 8.01. The third kappa shape index (κ3) is 5.76. The van der Waals surface area contributed by atoms with Crippen LogP contribution in [0.4, 0.5) is 0 Å². The summed E-state index contributed by atoms with van der Waals surface area (Å²) in [5.41, 5.74) is 2.59. The van der Waals surface area contributed by atoms with Gasteiger partial charge in [-0.25, -0.2) is 0 Å². The van der Waals surface area contributed by atoms with E-state index in [2.05, 4.69) is 65.8 Å². The van der Waals surface area contributed by atoms with E-state index in [1.54, 1.807) is 0 Å². The summed E-state index contributed by atoms with van der Waals surface area (Å²) in [6.45, 7) is 13.0. The number of benzene rings is 2. The van der Waals surface area contributed by atoms with Gasteiger partial charge >= 0.3 is 165 Å². The topological polar surface area (TPSA) is 55.3 Å². The zero-order valence-electron chi connectivity index (χ0n) is 15.6. The molecule has 0 saturated carbocycles. The Labute approximate surface area is 164 Å². The maximum absolute atomic E-state index is 11.3. The molecular weight excluding hydrogens is 495 g/mol. The summed E-state index contributed by atoms with van der Waals surface area (Å²) < 4.78 is 30.0. The minimum absolute atomic E-state index is 0.0684. The van der Waals surface area contributed by atoms with Crippen LogP contribution in [0.15, 0.2) is 48.5 Å². The molecule has 0 saturated heterocycles. The molecule has 25 heavy (non-hydrogen) atoms. The third-order valence-electron chi connectivity index (χ3n) is 3.92. The molecule has 0 amide bonds. The Morgan fingerprint density at radius 2 is 1.00 bits per heavy atom. The Morgan fingerprint density at radius 3 is 1.24 bits per heavy atom. The Kier molecular flexibility index (Phi) is 6.71. The van der Waals surface area contributed by atoms with Gasteiger partial charge in [-0.05, 0) is 0 Å². The predicted molar refractivity (Wildman–Crippen MR) is 103 cm³/mol. The van der Waals surface area contributed by atoms with Crippen LogP contribution in [-0.2, 0) is 13.0 Å². The Hall–Kier alpha value is -0.470. The van der Waals surface area contributed by atoms with Crippen LogP contribution < -0.4 is 8.40 Å². The van der Waals surface area contributed by atoms with E-state index in [4.69, 9.17) is 2.16 Å². The summed E-state index contributed by atoms with van der Waals surface area (Å²) in [6.07, 6.45) is 0. The van der Waals surface area contributed by atoms with E-state index in [9.17, 15) is 8.40 Å². The van der Waals surface area contributed by atoms with Crippen molar-refractivity contribution >= 4 is 20.2 Å². The SMILES string of the molecule is CC(C)(C)c1ccc(I(O[Br+2]([O-])[O-])c2ccc(C(C)(C)C)cc2)cc1. The first kappa shape index (κ1) is 20.8. The first-order valence-electron chi connectivity index (χ1n) is 8.14.